The topological polar surface area (TPSA) is 55.1 Å². The third kappa shape index (κ3) is 4.85. The maximum absolute atomic E-state index is 13.0. The number of hydrogen-bond donors (Lipinski definition) is 1. The van der Waals surface area contributed by atoms with Crippen molar-refractivity contribution in [2.24, 2.45) is 0 Å². The van der Waals surface area contributed by atoms with Gasteiger partial charge in [-0.15, -0.1) is 5.10 Å². The molecule has 4 nitrogen and oxygen atoms in total. The molecule has 1 rings (SSSR count). The maximum atomic E-state index is 13.0. The summed E-state index contributed by atoms with van der Waals surface area (Å²) in [5.41, 5.74) is 0.122. The molecule has 0 unspecified atom stereocenters. The molecule has 0 aliphatic rings. The lowest BCUT2D eigenvalue weighted by Gasteiger charge is -1.99. The molecule has 0 bridgehead atoms. The van der Waals surface area contributed by atoms with Gasteiger partial charge in [0.15, 0.2) is 5.69 Å². The first kappa shape index (κ1) is 14.7. The fourth-order valence-electron chi connectivity index (χ4n) is 1.93. The van der Waals surface area contributed by atoms with E-state index < -0.39 is 11.7 Å². The molecule has 0 aliphatic carbocycles. The fraction of sp³-hybridized carbons (Fsp3) is 0.692. The molecule has 0 spiro atoms. The number of carboxylic acids is 1. The van der Waals surface area contributed by atoms with Gasteiger partial charge in [-0.2, -0.15) is 0 Å². The van der Waals surface area contributed by atoms with Crippen molar-refractivity contribution in [2.75, 3.05) is 0 Å². The summed E-state index contributed by atoms with van der Waals surface area (Å²) in [6.45, 7) is 2.19. The molecule has 1 N–H and O–H groups in total. The van der Waals surface area contributed by atoms with Crippen molar-refractivity contribution < 1.29 is 14.4 Å². The highest BCUT2D eigenvalue weighted by Gasteiger charge is 2.13. The molecule has 0 amide bonds. The van der Waals surface area contributed by atoms with Crippen molar-refractivity contribution in [3.8, 4) is 0 Å². The molecule has 0 atom stereocenters. The van der Waals surface area contributed by atoms with Crippen molar-refractivity contribution in [3.05, 3.63) is 17.5 Å². The Morgan fingerprint density at radius 1 is 1.28 bits per heavy atom. The summed E-state index contributed by atoms with van der Waals surface area (Å²) in [6.07, 6.45) is 8.89. The predicted molar refractivity (Wildman–Crippen MR) is 67.4 cm³/mol. The highest BCUT2D eigenvalue weighted by molar-refractivity contribution is 5.85. The normalized spacial score (nSPS) is 10.8. The van der Waals surface area contributed by atoms with Gasteiger partial charge in [0.25, 0.3) is 0 Å². The summed E-state index contributed by atoms with van der Waals surface area (Å²) in [4.78, 5) is 10.6. The number of carbonyl (C=O) groups is 1. The Balaban J connectivity index is 2.19. The van der Waals surface area contributed by atoms with Crippen LogP contribution >= 0.6 is 0 Å². The van der Waals surface area contributed by atoms with E-state index in [1.54, 1.807) is 0 Å². The van der Waals surface area contributed by atoms with Gasteiger partial charge in [0.05, 0.1) is 5.69 Å². The highest BCUT2D eigenvalue weighted by atomic mass is 19.2. The molecule has 18 heavy (non-hydrogen) atoms. The first-order valence-electron chi connectivity index (χ1n) is 6.63. The molecule has 102 valence electrons. The lowest BCUT2D eigenvalue weighted by atomic mass is 10.1. The van der Waals surface area contributed by atoms with Gasteiger partial charge < -0.3 is 5.11 Å². The van der Waals surface area contributed by atoms with Crippen LogP contribution in [0.1, 0.15) is 68.1 Å². The van der Waals surface area contributed by atoms with E-state index >= 15 is 0 Å². The Morgan fingerprint density at radius 3 is 2.44 bits per heavy atom. The van der Waals surface area contributed by atoms with Gasteiger partial charge in [0, 0.05) is 0 Å². The first-order valence-corrected chi connectivity index (χ1v) is 6.63. The van der Waals surface area contributed by atoms with Crippen LogP contribution in [-0.4, -0.2) is 21.1 Å². The zero-order valence-electron chi connectivity index (χ0n) is 10.9. The molecule has 0 aromatic carbocycles. The zero-order valence-corrected chi connectivity index (χ0v) is 10.9. The lowest BCUT2D eigenvalue weighted by Crippen LogP contribution is -2.01. The molecule has 0 saturated heterocycles. The van der Waals surface area contributed by atoms with E-state index in [2.05, 4.69) is 12.0 Å². The molecular weight excluding hydrogens is 235 g/mol. The maximum Gasteiger partial charge on any atom is 0.357 e. The molecule has 0 saturated carbocycles. The molecule has 1 heterocycles. The monoisotopic (exact) mass is 256 g/mol. The summed E-state index contributed by atoms with van der Waals surface area (Å²) < 4.78 is 13.0. The van der Waals surface area contributed by atoms with Crippen molar-refractivity contribution >= 4 is 5.97 Å². The van der Waals surface area contributed by atoms with Crippen LogP contribution in [0.25, 0.3) is 0 Å². The number of nitrogens with zero attached hydrogens (tertiary/aromatic N) is 2. The summed E-state index contributed by atoms with van der Waals surface area (Å²) in [5.74, 6) is -1.28. The van der Waals surface area contributed by atoms with Gasteiger partial charge in [0.2, 0.25) is 0 Å². The minimum atomic E-state index is -1.28. The number of unbranched alkanes of at least 4 members (excludes halogenated alkanes) is 6. The number of aryl methyl sites for hydroxylation is 1. The molecule has 0 radical (unpaired) electrons. The number of rotatable bonds is 9. The Hall–Kier alpha value is -1.39. The first-order chi connectivity index (χ1) is 8.65. The quantitative estimate of drug-likeness (QED) is 0.687. The Bertz CT molecular complexity index is 377. The van der Waals surface area contributed by atoms with E-state index in [0.29, 0.717) is 12.1 Å². The van der Waals surface area contributed by atoms with Gasteiger partial charge in [-0.25, -0.2) is 4.79 Å². The minimum Gasteiger partial charge on any atom is -0.476 e. The van der Waals surface area contributed by atoms with E-state index in [9.17, 15) is 9.28 Å². The highest BCUT2D eigenvalue weighted by Crippen LogP contribution is 2.11. The Morgan fingerprint density at radius 2 is 1.89 bits per heavy atom. The average Bonchev–Trinajstić information content (AvgIpc) is 2.69. The van der Waals surface area contributed by atoms with Crippen molar-refractivity contribution in [1.29, 1.82) is 0 Å². The summed E-state index contributed by atoms with van der Waals surface area (Å²) in [5, 5.41) is 12.2. The summed E-state index contributed by atoms with van der Waals surface area (Å²) in [7, 11) is 0. The molecule has 1 aromatic heterocycles. The van der Waals surface area contributed by atoms with Gasteiger partial charge in [-0.3, -0.25) is 0 Å². The van der Waals surface area contributed by atoms with Crippen LogP contribution in [-0.2, 0) is 6.42 Å². The van der Waals surface area contributed by atoms with Gasteiger partial charge >= 0.3 is 5.97 Å². The summed E-state index contributed by atoms with van der Waals surface area (Å²) >= 11 is 0. The van der Waals surface area contributed by atoms with Crippen LogP contribution in [0, 0.1) is 0 Å². The van der Waals surface area contributed by atoms with Gasteiger partial charge in [0.1, 0.15) is 0 Å². The molecule has 1 aromatic rings. The van der Waals surface area contributed by atoms with Crippen LogP contribution in [0.15, 0.2) is 6.07 Å². The van der Waals surface area contributed by atoms with Crippen molar-refractivity contribution in [2.45, 2.75) is 58.3 Å². The average molecular weight is 256 g/mol. The van der Waals surface area contributed by atoms with Crippen LogP contribution in [0.3, 0.4) is 0 Å². The van der Waals surface area contributed by atoms with E-state index in [1.165, 1.54) is 38.2 Å². The largest absolute Gasteiger partial charge is 0.476 e. The van der Waals surface area contributed by atoms with Crippen LogP contribution < -0.4 is 0 Å². The SMILES string of the molecule is CCCCCCCCCc1cc(C(=O)O)n(F)n1. The minimum absolute atomic E-state index is 0.0566. The van der Waals surface area contributed by atoms with Crippen LogP contribution in [0.4, 0.5) is 4.48 Å². The smallest absolute Gasteiger partial charge is 0.357 e. The van der Waals surface area contributed by atoms with E-state index in [1.807, 2.05) is 0 Å². The second-order valence-electron chi connectivity index (χ2n) is 4.56. The third-order valence-electron chi connectivity index (χ3n) is 2.97. The molecule has 0 aliphatic heterocycles. The molecule has 0 fully saturated rings. The number of hydrogen-bond acceptors (Lipinski definition) is 2. The van der Waals surface area contributed by atoms with Crippen molar-refractivity contribution in [1.82, 2.24) is 10.0 Å². The van der Waals surface area contributed by atoms with Crippen LogP contribution in [0.2, 0.25) is 0 Å². The number of carboxylic acid groups (broad SMARTS) is 1. The Labute approximate surface area is 107 Å². The Kier molecular flexibility index (Phi) is 6.39. The fourth-order valence-corrected chi connectivity index (χ4v) is 1.93. The zero-order chi connectivity index (χ0) is 13.4. The third-order valence-corrected chi connectivity index (χ3v) is 2.97. The van der Waals surface area contributed by atoms with Gasteiger partial charge in [-0.1, -0.05) is 54.8 Å². The van der Waals surface area contributed by atoms with E-state index in [4.69, 9.17) is 5.11 Å². The second-order valence-corrected chi connectivity index (χ2v) is 4.56. The lowest BCUT2D eigenvalue weighted by molar-refractivity contribution is 0.0667. The standard InChI is InChI=1S/C13H21FN2O2/c1-2-3-4-5-6-7-8-9-11-10-12(13(17)18)16(14)15-11/h10H,2-9H2,1H3,(H,17,18). The van der Waals surface area contributed by atoms with E-state index in [-0.39, 0.29) is 4.90 Å². The molecule has 5 heteroatoms. The van der Waals surface area contributed by atoms with Gasteiger partial charge in [-0.05, 0) is 18.9 Å². The predicted octanol–water partition coefficient (Wildman–Crippen LogP) is 3.61. The number of halogens is 1. The van der Waals surface area contributed by atoms with Crippen LogP contribution in [0.5, 0.6) is 0 Å². The van der Waals surface area contributed by atoms with E-state index in [0.717, 1.165) is 12.8 Å². The number of aromatic nitrogens is 2. The van der Waals surface area contributed by atoms with Crippen molar-refractivity contribution in [3.63, 3.8) is 0 Å². The second kappa shape index (κ2) is 7.84. The molecular formula is C13H21FN2O2. The number of aromatic carboxylic acids is 1. The summed E-state index contributed by atoms with van der Waals surface area (Å²) in [6, 6.07) is 1.30.